The van der Waals surface area contributed by atoms with Crippen LogP contribution in [-0.4, -0.2) is 29.7 Å². The Kier molecular flexibility index (Phi) is 8.52. The Morgan fingerprint density at radius 1 is 1.25 bits per heavy atom. The van der Waals surface area contributed by atoms with Gasteiger partial charge >= 0.3 is 0 Å². The summed E-state index contributed by atoms with van der Waals surface area (Å²) in [6.45, 7) is 2.23. The first-order valence-electron chi connectivity index (χ1n) is 8.41. The van der Waals surface area contributed by atoms with Crippen molar-refractivity contribution in [3.63, 3.8) is 0 Å². The number of hydrogen-bond acceptors (Lipinski definition) is 5. The Bertz CT molecular complexity index is 889. The van der Waals surface area contributed by atoms with E-state index >= 15 is 0 Å². The number of benzene rings is 2. The molecule has 148 valence electrons. The molecule has 2 aromatic rings. The standard InChI is InChI=1S/C19H19ClIN3O4/c1-2-28-16-9-12(8-15(21)19(16)27)11-22-24-18(26)7-6-17(25)23-14-5-3-4-13(20)10-14/h3-5,8-11,27H,2,6-7H2,1H3,(H,23,25)(H,24,26)/b22-11+. The van der Waals surface area contributed by atoms with E-state index in [-0.39, 0.29) is 24.5 Å². The van der Waals surface area contributed by atoms with Gasteiger partial charge in [0.2, 0.25) is 11.8 Å². The van der Waals surface area contributed by atoms with Gasteiger partial charge in [-0.1, -0.05) is 17.7 Å². The summed E-state index contributed by atoms with van der Waals surface area (Å²) in [5.74, 6) is -0.277. The molecule has 0 unspecified atom stereocenters. The number of carbonyl (C=O) groups excluding carboxylic acids is 2. The van der Waals surface area contributed by atoms with Crippen LogP contribution in [0.15, 0.2) is 41.5 Å². The third kappa shape index (κ3) is 7.01. The quantitative estimate of drug-likeness (QED) is 0.282. The first-order valence-corrected chi connectivity index (χ1v) is 9.87. The van der Waals surface area contributed by atoms with E-state index < -0.39 is 5.91 Å². The number of phenols is 1. The molecule has 0 saturated carbocycles. The maximum Gasteiger partial charge on any atom is 0.240 e. The molecule has 9 heteroatoms. The van der Waals surface area contributed by atoms with Crippen LogP contribution in [0.1, 0.15) is 25.3 Å². The zero-order valence-corrected chi connectivity index (χ0v) is 18.0. The highest BCUT2D eigenvalue weighted by molar-refractivity contribution is 14.1. The zero-order valence-electron chi connectivity index (χ0n) is 15.0. The number of carbonyl (C=O) groups is 2. The number of rotatable bonds is 8. The first kappa shape index (κ1) is 22.0. The van der Waals surface area contributed by atoms with Crippen LogP contribution in [0.4, 0.5) is 5.69 Å². The molecule has 28 heavy (non-hydrogen) atoms. The Morgan fingerprint density at radius 3 is 2.71 bits per heavy atom. The molecule has 0 heterocycles. The molecular weight excluding hydrogens is 497 g/mol. The highest BCUT2D eigenvalue weighted by atomic mass is 127. The Morgan fingerprint density at radius 2 is 2.00 bits per heavy atom. The van der Waals surface area contributed by atoms with Crippen LogP contribution in [0.25, 0.3) is 0 Å². The Labute approximate surface area is 181 Å². The number of halogens is 2. The van der Waals surface area contributed by atoms with Crippen molar-refractivity contribution in [3.8, 4) is 11.5 Å². The normalized spacial score (nSPS) is 10.7. The lowest BCUT2D eigenvalue weighted by molar-refractivity contribution is -0.124. The van der Waals surface area contributed by atoms with Gasteiger partial charge in [0.15, 0.2) is 11.5 Å². The third-order valence-corrected chi connectivity index (χ3v) is 4.50. The molecule has 0 aliphatic rings. The van der Waals surface area contributed by atoms with Crippen molar-refractivity contribution < 1.29 is 19.4 Å². The fourth-order valence-corrected chi connectivity index (χ4v) is 3.00. The second-order valence-corrected chi connectivity index (χ2v) is 7.23. The van der Waals surface area contributed by atoms with Crippen molar-refractivity contribution >= 4 is 57.9 Å². The van der Waals surface area contributed by atoms with Gasteiger partial charge in [-0.2, -0.15) is 5.10 Å². The monoisotopic (exact) mass is 515 g/mol. The number of amides is 2. The minimum atomic E-state index is -0.393. The fraction of sp³-hybridized carbons (Fsp3) is 0.211. The molecule has 2 amide bonds. The Hall–Kier alpha value is -2.33. The van der Waals surface area contributed by atoms with E-state index in [1.54, 1.807) is 36.4 Å². The van der Waals surface area contributed by atoms with E-state index in [1.165, 1.54) is 6.21 Å². The molecule has 0 aliphatic carbocycles. The van der Waals surface area contributed by atoms with Gasteiger partial charge in [-0.15, -0.1) is 0 Å². The minimum Gasteiger partial charge on any atom is -0.504 e. The lowest BCUT2D eigenvalue weighted by atomic mass is 10.2. The molecule has 0 aliphatic heterocycles. The SMILES string of the molecule is CCOc1cc(/C=N/NC(=O)CCC(=O)Nc2cccc(Cl)c2)cc(I)c1O. The van der Waals surface area contributed by atoms with Gasteiger partial charge < -0.3 is 15.2 Å². The summed E-state index contributed by atoms with van der Waals surface area (Å²) < 4.78 is 5.96. The van der Waals surface area contributed by atoms with Crippen molar-refractivity contribution in [2.75, 3.05) is 11.9 Å². The van der Waals surface area contributed by atoms with Gasteiger partial charge in [0.1, 0.15) is 0 Å². The van der Waals surface area contributed by atoms with E-state index in [2.05, 4.69) is 15.8 Å². The molecule has 3 N–H and O–H groups in total. The summed E-state index contributed by atoms with van der Waals surface area (Å²) >= 11 is 7.84. The summed E-state index contributed by atoms with van der Waals surface area (Å²) in [6, 6.07) is 10.1. The average Bonchev–Trinajstić information content (AvgIpc) is 2.64. The van der Waals surface area contributed by atoms with Gasteiger partial charge in [-0.05, 0) is 65.4 Å². The number of nitrogens with zero attached hydrogens (tertiary/aromatic N) is 1. The Balaban J connectivity index is 1.82. The number of anilines is 1. The number of nitrogens with one attached hydrogen (secondary N) is 2. The van der Waals surface area contributed by atoms with E-state index in [4.69, 9.17) is 16.3 Å². The molecule has 0 radical (unpaired) electrons. The van der Waals surface area contributed by atoms with E-state index in [1.807, 2.05) is 29.5 Å². The zero-order chi connectivity index (χ0) is 20.5. The van der Waals surface area contributed by atoms with Gasteiger partial charge in [-0.25, -0.2) is 5.43 Å². The second kappa shape index (κ2) is 10.9. The molecule has 0 atom stereocenters. The van der Waals surface area contributed by atoms with Crippen LogP contribution >= 0.6 is 34.2 Å². The van der Waals surface area contributed by atoms with Crippen molar-refractivity contribution in [3.05, 3.63) is 50.6 Å². The van der Waals surface area contributed by atoms with Crippen LogP contribution in [0.5, 0.6) is 11.5 Å². The molecule has 2 aromatic carbocycles. The van der Waals surface area contributed by atoms with E-state index in [0.717, 1.165) is 0 Å². The largest absolute Gasteiger partial charge is 0.504 e. The predicted octanol–water partition coefficient (Wildman–Crippen LogP) is 3.92. The van der Waals surface area contributed by atoms with Crippen LogP contribution in [-0.2, 0) is 9.59 Å². The van der Waals surface area contributed by atoms with Crippen LogP contribution in [0.3, 0.4) is 0 Å². The molecule has 0 saturated heterocycles. The lowest BCUT2D eigenvalue weighted by Gasteiger charge is -2.08. The number of aromatic hydroxyl groups is 1. The van der Waals surface area contributed by atoms with Crippen LogP contribution < -0.4 is 15.5 Å². The van der Waals surface area contributed by atoms with Crippen molar-refractivity contribution in [2.24, 2.45) is 5.10 Å². The molecule has 0 bridgehead atoms. The minimum absolute atomic E-state index is 0.0129. The molecule has 2 rings (SSSR count). The van der Waals surface area contributed by atoms with Gasteiger partial charge in [-0.3, -0.25) is 9.59 Å². The van der Waals surface area contributed by atoms with Crippen LogP contribution in [0.2, 0.25) is 5.02 Å². The number of hydrazone groups is 1. The number of ether oxygens (including phenoxy) is 1. The topological polar surface area (TPSA) is 100 Å². The highest BCUT2D eigenvalue weighted by Crippen LogP contribution is 2.32. The fourth-order valence-electron chi connectivity index (χ4n) is 2.19. The summed E-state index contributed by atoms with van der Waals surface area (Å²) in [5, 5.41) is 17.0. The molecule has 0 aromatic heterocycles. The summed E-state index contributed by atoms with van der Waals surface area (Å²) in [6.07, 6.45) is 1.44. The second-order valence-electron chi connectivity index (χ2n) is 5.63. The summed E-state index contributed by atoms with van der Waals surface area (Å²) in [5.41, 5.74) is 3.60. The van der Waals surface area contributed by atoms with Gasteiger partial charge in [0.25, 0.3) is 0 Å². The average molecular weight is 516 g/mol. The highest BCUT2D eigenvalue weighted by Gasteiger charge is 2.09. The molecule has 7 nitrogen and oxygen atoms in total. The maximum absolute atomic E-state index is 11.9. The number of hydrogen-bond donors (Lipinski definition) is 3. The van der Waals surface area contributed by atoms with Crippen molar-refractivity contribution in [1.82, 2.24) is 5.43 Å². The van der Waals surface area contributed by atoms with E-state index in [0.29, 0.717) is 32.2 Å². The molecular formula is C19H19ClIN3O4. The van der Waals surface area contributed by atoms with Crippen molar-refractivity contribution in [2.45, 2.75) is 19.8 Å². The lowest BCUT2D eigenvalue weighted by Crippen LogP contribution is -2.20. The molecule has 0 spiro atoms. The third-order valence-electron chi connectivity index (χ3n) is 3.44. The van der Waals surface area contributed by atoms with E-state index in [9.17, 15) is 14.7 Å². The smallest absolute Gasteiger partial charge is 0.240 e. The first-order chi connectivity index (χ1) is 13.4. The number of phenolic OH excluding ortho intramolecular Hbond substituents is 1. The predicted molar refractivity (Wildman–Crippen MR) is 117 cm³/mol. The summed E-state index contributed by atoms with van der Waals surface area (Å²) in [4.78, 5) is 23.7. The van der Waals surface area contributed by atoms with Crippen molar-refractivity contribution in [1.29, 1.82) is 0 Å². The van der Waals surface area contributed by atoms with Gasteiger partial charge in [0.05, 0.1) is 16.4 Å². The molecule has 0 fully saturated rings. The maximum atomic E-state index is 11.9. The summed E-state index contributed by atoms with van der Waals surface area (Å²) in [7, 11) is 0. The van der Waals surface area contributed by atoms with Crippen LogP contribution in [0, 0.1) is 3.57 Å². The van der Waals surface area contributed by atoms with Gasteiger partial charge in [0, 0.05) is 23.6 Å².